The summed E-state index contributed by atoms with van der Waals surface area (Å²) in [6, 6.07) is 13.7. The highest BCUT2D eigenvalue weighted by molar-refractivity contribution is 7.15. The highest BCUT2D eigenvalue weighted by Gasteiger charge is 2.10. The van der Waals surface area contributed by atoms with Gasteiger partial charge in [-0.2, -0.15) is 0 Å². The standard InChI is InChI=1S/C19H18Cl2N2OS/c1-24-16-8-3-2-5-13(16)9-10-22-12-18-23-11-17(25-18)14-6-4-7-15(20)19(14)21/h2-8,11,22H,9-10,12H2,1H3. The van der Waals surface area contributed by atoms with E-state index in [0.717, 1.165) is 40.7 Å². The molecule has 0 amide bonds. The van der Waals surface area contributed by atoms with Crippen LogP contribution in [0.25, 0.3) is 10.4 Å². The summed E-state index contributed by atoms with van der Waals surface area (Å²) in [7, 11) is 1.70. The first-order valence-electron chi connectivity index (χ1n) is 7.90. The number of rotatable bonds is 7. The van der Waals surface area contributed by atoms with Crippen molar-refractivity contribution in [3.05, 3.63) is 69.3 Å². The van der Waals surface area contributed by atoms with Gasteiger partial charge in [-0.1, -0.05) is 53.5 Å². The number of benzene rings is 2. The van der Waals surface area contributed by atoms with Gasteiger partial charge in [0, 0.05) is 18.3 Å². The van der Waals surface area contributed by atoms with E-state index in [-0.39, 0.29) is 0 Å². The molecule has 25 heavy (non-hydrogen) atoms. The summed E-state index contributed by atoms with van der Waals surface area (Å²) < 4.78 is 5.37. The Morgan fingerprint density at radius 1 is 1.12 bits per heavy atom. The molecule has 2 aromatic carbocycles. The Hall–Kier alpha value is -1.59. The zero-order valence-electron chi connectivity index (χ0n) is 13.8. The highest BCUT2D eigenvalue weighted by Crippen LogP contribution is 2.36. The fraction of sp³-hybridized carbons (Fsp3) is 0.211. The summed E-state index contributed by atoms with van der Waals surface area (Å²) in [5.74, 6) is 0.927. The fourth-order valence-electron chi connectivity index (χ4n) is 2.54. The lowest BCUT2D eigenvalue weighted by molar-refractivity contribution is 0.409. The van der Waals surface area contributed by atoms with Crippen LogP contribution in [0.1, 0.15) is 10.6 Å². The van der Waals surface area contributed by atoms with E-state index in [0.29, 0.717) is 10.0 Å². The van der Waals surface area contributed by atoms with Crippen molar-refractivity contribution in [3.8, 4) is 16.2 Å². The molecule has 0 saturated heterocycles. The van der Waals surface area contributed by atoms with Crippen molar-refractivity contribution in [1.29, 1.82) is 0 Å². The number of halogens is 2. The van der Waals surface area contributed by atoms with Gasteiger partial charge < -0.3 is 10.1 Å². The second kappa shape index (κ2) is 8.68. The number of para-hydroxylation sites is 1. The van der Waals surface area contributed by atoms with Gasteiger partial charge in [0.25, 0.3) is 0 Å². The van der Waals surface area contributed by atoms with Crippen LogP contribution in [0.3, 0.4) is 0 Å². The molecule has 0 bridgehead atoms. The van der Waals surface area contributed by atoms with E-state index in [9.17, 15) is 0 Å². The number of hydrogen-bond acceptors (Lipinski definition) is 4. The van der Waals surface area contributed by atoms with E-state index in [4.69, 9.17) is 27.9 Å². The highest BCUT2D eigenvalue weighted by atomic mass is 35.5. The maximum atomic E-state index is 6.28. The van der Waals surface area contributed by atoms with Crippen LogP contribution in [-0.2, 0) is 13.0 Å². The second-order valence-corrected chi connectivity index (χ2v) is 7.36. The molecule has 130 valence electrons. The van der Waals surface area contributed by atoms with Crippen molar-refractivity contribution in [2.75, 3.05) is 13.7 Å². The monoisotopic (exact) mass is 392 g/mol. The Labute approximate surface area is 161 Å². The lowest BCUT2D eigenvalue weighted by Crippen LogP contribution is -2.16. The summed E-state index contributed by atoms with van der Waals surface area (Å²) in [6.07, 6.45) is 2.75. The number of ether oxygens (including phenoxy) is 1. The Morgan fingerprint density at radius 3 is 2.80 bits per heavy atom. The first-order chi connectivity index (χ1) is 12.2. The van der Waals surface area contributed by atoms with Crippen LogP contribution in [0.4, 0.5) is 0 Å². The van der Waals surface area contributed by atoms with Crippen molar-refractivity contribution in [2.45, 2.75) is 13.0 Å². The van der Waals surface area contributed by atoms with Gasteiger partial charge in [-0.05, 0) is 30.7 Å². The van der Waals surface area contributed by atoms with Gasteiger partial charge >= 0.3 is 0 Å². The SMILES string of the molecule is COc1ccccc1CCNCc1ncc(-c2cccc(Cl)c2Cl)s1. The van der Waals surface area contributed by atoms with Gasteiger partial charge in [0.15, 0.2) is 0 Å². The average molecular weight is 393 g/mol. The van der Waals surface area contributed by atoms with Gasteiger partial charge in [0.2, 0.25) is 0 Å². The summed E-state index contributed by atoms with van der Waals surface area (Å²) in [5, 5.41) is 5.58. The Morgan fingerprint density at radius 2 is 1.96 bits per heavy atom. The Balaban J connectivity index is 1.56. The molecule has 0 aliphatic rings. The van der Waals surface area contributed by atoms with Crippen molar-refractivity contribution in [1.82, 2.24) is 10.3 Å². The van der Waals surface area contributed by atoms with E-state index >= 15 is 0 Å². The van der Waals surface area contributed by atoms with Gasteiger partial charge in [0.1, 0.15) is 10.8 Å². The van der Waals surface area contributed by atoms with Gasteiger partial charge in [0.05, 0.1) is 22.0 Å². The number of nitrogens with zero attached hydrogens (tertiary/aromatic N) is 1. The fourth-order valence-corrected chi connectivity index (χ4v) is 3.92. The topological polar surface area (TPSA) is 34.1 Å². The second-order valence-electron chi connectivity index (χ2n) is 5.46. The molecule has 0 aliphatic carbocycles. The quantitative estimate of drug-likeness (QED) is 0.542. The first kappa shape index (κ1) is 18.2. The maximum Gasteiger partial charge on any atom is 0.122 e. The number of hydrogen-bond donors (Lipinski definition) is 1. The molecule has 3 aromatic rings. The number of thiazole rings is 1. The Bertz CT molecular complexity index is 851. The molecule has 0 atom stereocenters. The molecule has 6 heteroatoms. The molecule has 0 radical (unpaired) electrons. The normalized spacial score (nSPS) is 10.8. The first-order valence-corrected chi connectivity index (χ1v) is 9.48. The number of nitrogens with one attached hydrogen (secondary N) is 1. The minimum Gasteiger partial charge on any atom is -0.496 e. The summed E-state index contributed by atoms with van der Waals surface area (Å²) >= 11 is 14.0. The molecular formula is C19H18Cl2N2OS. The average Bonchev–Trinajstić information content (AvgIpc) is 3.10. The zero-order valence-corrected chi connectivity index (χ0v) is 16.1. The van der Waals surface area contributed by atoms with Crippen molar-refractivity contribution >= 4 is 34.5 Å². The lowest BCUT2D eigenvalue weighted by Gasteiger charge is -2.08. The minimum atomic E-state index is 0.559. The molecule has 0 unspecified atom stereocenters. The third-order valence-corrected chi connectivity index (χ3v) is 5.66. The third kappa shape index (κ3) is 4.53. The van der Waals surface area contributed by atoms with Crippen LogP contribution >= 0.6 is 34.5 Å². The molecule has 1 aromatic heterocycles. The molecule has 3 rings (SSSR count). The summed E-state index contributed by atoms with van der Waals surface area (Å²) in [6.45, 7) is 1.57. The minimum absolute atomic E-state index is 0.559. The largest absolute Gasteiger partial charge is 0.496 e. The molecule has 0 fully saturated rings. The summed E-state index contributed by atoms with van der Waals surface area (Å²) in [4.78, 5) is 5.49. The van der Waals surface area contributed by atoms with Crippen LogP contribution < -0.4 is 10.1 Å². The zero-order chi connectivity index (χ0) is 17.6. The molecular weight excluding hydrogens is 375 g/mol. The molecule has 0 aliphatic heterocycles. The molecule has 0 saturated carbocycles. The Kier molecular flexibility index (Phi) is 6.32. The van der Waals surface area contributed by atoms with E-state index < -0.39 is 0 Å². The van der Waals surface area contributed by atoms with Crippen LogP contribution in [0, 0.1) is 0 Å². The van der Waals surface area contributed by atoms with E-state index in [2.05, 4.69) is 16.4 Å². The number of aromatic nitrogens is 1. The predicted octanol–water partition coefficient (Wildman–Crippen LogP) is 5.46. The predicted molar refractivity (Wildman–Crippen MR) is 106 cm³/mol. The lowest BCUT2D eigenvalue weighted by atomic mass is 10.1. The van der Waals surface area contributed by atoms with Crippen LogP contribution in [0.2, 0.25) is 10.0 Å². The van der Waals surface area contributed by atoms with Crippen LogP contribution in [-0.4, -0.2) is 18.6 Å². The van der Waals surface area contributed by atoms with Crippen molar-refractivity contribution in [2.24, 2.45) is 0 Å². The van der Waals surface area contributed by atoms with E-state index in [1.807, 2.05) is 36.5 Å². The summed E-state index contributed by atoms with van der Waals surface area (Å²) in [5.41, 5.74) is 2.12. The third-order valence-electron chi connectivity index (χ3n) is 3.81. The van der Waals surface area contributed by atoms with Gasteiger partial charge in [-0.3, -0.25) is 0 Å². The van der Waals surface area contributed by atoms with Crippen molar-refractivity contribution < 1.29 is 4.74 Å². The van der Waals surface area contributed by atoms with Crippen LogP contribution in [0.5, 0.6) is 5.75 Å². The molecule has 1 N–H and O–H groups in total. The smallest absolute Gasteiger partial charge is 0.122 e. The molecule has 0 spiro atoms. The maximum absolute atomic E-state index is 6.28. The van der Waals surface area contributed by atoms with E-state index in [1.54, 1.807) is 24.5 Å². The van der Waals surface area contributed by atoms with Crippen LogP contribution in [0.15, 0.2) is 48.7 Å². The molecule has 3 nitrogen and oxygen atoms in total. The molecule has 1 heterocycles. The van der Waals surface area contributed by atoms with Gasteiger partial charge in [-0.25, -0.2) is 4.98 Å². The van der Waals surface area contributed by atoms with Gasteiger partial charge in [-0.15, -0.1) is 11.3 Å². The van der Waals surface area contributed by atoms with E-state index in [1.165, 1.54) is 5.56 Å². The number of methoxy groups -OCH3 is 1. The van der Waals surface area contributed by atoms with Crippen molar-refractivity contribution in [3.63, 3.8) is 0 Å².